The van der Waals surface area contributed by atoms with Crippen LogP contribution in [0.3, 0.4) is 0 Å². The number of ether oxygens (including phenoxy) is 2. The van der Waals surface area contributed by atoms with E-state index in [-0.39, 0.29) is 5.78 Å². The molecule has 0 aliphatic heterocycles. The van der Waals surface area contributed by atoms with Gasteiger partial charge >= 0.3 is 0 Å². The van der Waals surface area contributed by atoms with Gasteiger partial charge in [0.15, 0.2) is 5.78 Å². The van der Waals surface area contributed by atoms with E-state index in [0.717, 1.165) is 34.6 Å². The van der Waals surface area contributed by atoms with E-state index in [1.165, 1.54) is 5.39 Å². The Hall–Kier alpha value is -3.86. The highest BCUT2D eigenvalue weighted by Crippen LogP contribution is 2.25. The molecule has 0 atom stereocenters. The average Bonchev–Trinajstić information content (AvgIpc) is 3.30. The maximum absolute atomic E-state index is 12.4. The van der Waals surface area contributed by atoms with E-state index in [1.54, 1.807) is 36.3 Å². The number of carbonyl (C=O) groups is 1. The Morgan fingerprint density at radius 3 is 2.68 bits per heavy atom. The van der Waals surface area contributed by atoms with Gasteiger partial charge < -0.3 is 9.47 Å². The van der Waals surface area contributed by atoms with Crippen molar-refractivity contribution in [3.63, 3.8) is 0 Å². The summed E-state index contributed by atoms with van der Waals surface area (Å²) >= 11 is 0. The normalized spacial score (nSPS) is 11.2. The zero-order valence-corrected chi connectivity index (χ0v) is 17.6. The van der Waals surface area contributed by atoms with E-state index in [0.29, 0.717) is 12.2 Å². The van der Waals surface area contributed by atoms with Crippen LogP contribution in [0.1, 0.15) is 28.4 Å². The summed E-state index contributed by atoms with van der Waals surface area (Å²) in [4.78, 5) is 12.4. The molecule has 0 aliphatic rings. The Balaban J connectivity index is 1.49. The van der Waals surface area contributed by atoms with Gasteiger partial charge in [0.05, 0.1) is 18.9 Å². The molecule has 4 rings (SSSR count). The van der Waals surface area contributed by atoms with E-state index in [4.69, 9.17) is 9.47 Å². The molecule has 0 aliphatic carbocycles. The first-order chi connectivity index (χ1) is 15.2. The standard InChI is InChI=1S/C26H24N2O3/c1-3-28-17-23(16-27-28)25(29)12-8-19-9-13-26(30-2)22(14-19)18-31-24-11-10-20-6-4-5-7-21(20)15-24/h4-17H,3,18H2,1-2H3/b12-8+. The maximum Gasteiger partial charge on any atom is 0.189 e. The van der Waals surface area contributed by atoms with Crippen LogP contribution in [0.15, 0.2) is 79.1 Å². The van der Waals surface area contributed by atoms with Crippen molar-refractivity contribution in [3.05, 3.63) is 95.8 Å². The van der Waals surface area contributed by atoms with Gasteiger partial charge in [-0.05, 0) is 53.6 Å². The number of methoxy groups -OCH3 is 1. The smallest absolute Gasteiger partial charge is 0.189 e. The van der Waals surface area contributed by atoms with Crippen molar-refractivity contribution in [2.45, 2.75) is 20.1 Å². The first-order valence-corrected chi connectivity index (χ1v) is 10.2. The van der Waals surface area contributed by atoms with Crippen molar-refractivity contribution < 1.29 is 14.3 Å². The minimum Gasteiger partial charge on any atom is -0.496 e. The zero-order chi connectivity index (χ0) is 21.6. The molecule has 3 aromatic carbocycles. The fraction of sp³-hybridized carbons (Fsp3) is 0.154. The van der Waals surface area contributed by atoms with Crippen LogP contribution in [0.5, 0.6) is 11.5 Å². The molecule has 5 heteroatoms. The van der Waals surface area contributed by atoms with E-state index >= 15 is 0 Å². The van der Waals surface area contributed by atoms with Crippen LogP contribution >= 0.6 is 0 Å². The molecular formula is C26H24N2O3. The number of benzene rings is 3. The van der Waals surface area contributed by atoms with E-state index in [2.05, 4.69) is 17.2 Å². The van der Waals surface area contributed by atoms with Crippen LogP contribution in [-0.2, 0) is 13.2 Å². The monoisotopic (exact) mass is 412 g/mol. The summed E-state index contributed by atoms with van der Waals surface area (Å²) in [5, 5.41) is 6.46. The largest absolute Gasteiger partial charge is 0.496 e. The molecular weight excluding hydrogens is 388 g/mol. The van der Waals surface area contributed by atoms with Crippen LogP contribution in [0, 0.1) is 0 Å². The Labute approximate surface area is 181 Å². The van der Waals surface area contributed by atoms with Gasteiger partial charge in [-0.1, -0.05) is 42.5 Å². The lowest BCUT2D eigenvalue weighted by Gasteiger charge is -2.12. The minimum atomic E-state index is -0.0792. The molecule has 0 radical (unpaired) electrons. The molecule has 4 aromatic rings. The van der Waals surface area contributed by atoms with Crippen LogP contribution in [0.4, 0.5) is 0 Å². The molecule has 0 fully saturated rings. The van der Waals surface area contributed by atoms with Crippen LogP contribution < -0.4 is 9.47 Å². The third-order valence-electron chi connectivity index (χ3n) is 5.09. The van der Waals surface area contributed by atoms with E-state index in [1.807, 2.05) is 55.5 Å². The zero-order valence-electron chi connectivity index (χ0n) is 17.6. The van der Waals surface area contributed by atoms with Crippen molar-refractivity contribution in [1.29, 1.82) is 0 Å². The van der Waals surface area contributed by atoms with Gasteiger partial charge in [0.2, 0.25) is 0 Å². The number of rotatable bonds is 8. The molecule has 31 heavy (non-hydrogen) atoms. The number of aromatic nitrogens is 2. The molecule has 0 bridgehead atoms. The predicted octanol–water partition coefficient (Wildman–Crippen LogP) is 5.54. The number of nitrogens with zero attached hydrogens (tertiary/aromatic N) is 2. The molecule has 1 aromatic heterocycles. The Morgan fingerprint density at radius 2 is 1.90 bits per heavy atom. The van der Waals surface area contributed by atoms with Crippen LogP contribution in [0.2, 0.25) is 0 Å². The van der Waals surface area contributed by atoms with Gasteiger partial charge in [-0.2, -0.15) is 5.10 Å². The van der Waals surface area contributed by atoms with Gasteiger partial charge in [-0.15, -0.1) is 0 Å². The second-order valence-corrected chi connectivity index (χ2v) is 7.15. The predicted molar refractivity (Wildman–Crippen MR) is 123 cm³/mol. The highest BCUT2D eigenvalue weighted by atomic mass is 16.5. The van der Waals surface area contributed by atoms with Gasteiger partial charge in [0.25, 0.3) is 0 Å². The molecule has 0 unspecified atom stereocenters. The number of fused-ring (bicyclic) bond motifs is 1. The van der Waals surface area contributed by atoms with Crippen molar-refractivity contribution in [3.8, 4) is 11.5 Å². The number of ketones is 1. The van der Waals surface area contributed by atoms with Crippen molar-refractivity contribution in [2.75, 3.05) is 7.11 Å². The van der Waals surface area contributed by atoms with Crippen molar-refractivity contribution in [1.82, 2.24) is 9.78 Å². The topological polar surface area (TPSA) is 53.4 Å². The number of carbonyl (C=O) groups excluding carboxylic acids is 1. The fourth-order valence-corrected chi connectivity index (χ4v) is 3.37. The summed E-state index contributed by atoms with van der Waals surface area (Å²) in [5.74, 6) is 1.46. The average molecular weight is 412 g/mol. The number of hydrogen-bond donors (Lipinski definition) is 0. The molecule has 5 nitrogen and oxygen atoms in total. The molecule has 1 heterocycles. The fourth-order valence-electron chi connectivity index (χ4n) is 3.37. The highest BCUT2D eigenvalue weighted by molar-refractivity contribution is 6.06. The summed E-state index contributed by atoms with van der Waals surface area (Å²) < 4.78 is 13.2. The SMILES string of the molecule is CCn1cc(C(=O)/C=C/c2ccc(OC)c(COc3ccc4ccccc4c3)c2)cn1. The summed E-state index contributed by atoms with van der Waals surface area (Å²) in [6.45, 7) is 3.08. The second-order valence-electron chi connectivity index (χ2n) is 7.15. The molecule has 0 saturated heterocycles. The molecule has 0 saturated carbocycles. The van der Waals surface area contributed by atoms with E-state index in [9.17, 15) is 4.79 Å². The number of hydrogen-bond acceptors (Lipinski definition) is 4. The second kappa shape index (κ2) is 9.30. The third-order valence-corrected chi connectivity index (χ3v) is 5.09. The van der Waals surface area contributed by atoms with Crippen molar-refractivity contribution >= 4 is 22.6 Å². The van der Waals surface area contributed by atoms with Gasteiger partial charge in [-0.3, -0.25) is 9.48 Å². The first kappa shape index (κ1) is 20.4. The van der Waals surface area contributed by atoms with Gasteiger partial charge in [0, 0.05) is 18.3 Å². The van der Waals surface area contributed by atoms with Crippen LogP contribution in [-0.4, -0.2) is 22.7 Å². The summed E-state index contributed by atoms with van der Waals surface area (Å²) in [6.07, 6.45) is 6.70. The summed E-state index contributed by atoms with van der Waals surface area (Å²) in [6, 6.07) is 20.0. The Kier molecular flexibility index (Phi) is 6.13. The quantitative estimate of drug-likeness (QED) is 0.282. The molecule has 156 valence electrons. The number of allylic oxidation sites excluding steroid dienone is 1. The third kappa shape index (κ3) is 4.83. The maximum atomic E-state index is 12.4. The van der Waals surface area contributed by atoms with E-state index < -0.39 is 0 Å². The summed E-state index contributed by atoms with van der Waals surface area (Å²) in [5.41, 5.74) is 2.38. The Morgan fingerprint density at radius 1 is 1.06 bits per heavy atom. The number of aryl methyl sites for hydroxylation is 1. The van der Waals surface area contributed by atoms with Crippen molar-refractivity contribution in [2.24, 2.45) is 0 Å². The minimum absolute atomic E-state index is 0.0792. The van der Waals surface area contributed by atoms with Gasteiger partial charge in [-0.25, -0.2) is 0 Å². The first-order valence-electron chi connectivity index (χ1n) is 10.2. The lowest BCUT2D eigenvalue weighted by atomic mass is 10.1. The van der Waals surface area contributed by atoms with Crippen LogP contribution in [0.25, 0.3) is 16.8 Å². The molecule has 0 N–H and O–H groups in total. The highest BCUT2D eigenvalue weighted by Gasteiger charge is 2.08. The lowest BCUT2D eigenvalue weighted by Crippen LogP contribution is -1.99. The molecule has 0 spiro atoms. The lowest BCUT2D eigenvalue weighted by molar-refractivity contribution is 0.104. The van der Waals surface area contributed by atoms with Gasteiger partial charge in [0.1, 0.15) is 18.1 Å². The molecule has 0 amide bonds. The Bertz CT molecular complexity index is 1240. The summed E-state index contributed by atoms with van der Waals surface area (Å²) in [7, 11) is 1.64.